The number of oxime groups is 1. The highest BCUT2D eigenvalue weighted by Gasteiger charge is 1.99. The van der Waals surface area contributed by atoms with Crippen molar-refractivity contribution >= 4 is 6.21 Å². The van der Waals surface area contributed by atoms with Gasteiger partial charge in [-0.25, -0.2) is 0 Å². The molecule has 0 saturated carbocycles. The summed E-state index contributed by atoms with van der Waals surface area (Å²) in [5.74, 6) is 0. The molecule has 0 amide bonds. The summed E-state index contributed by atoms with van der Waals surface area (Å²) in [4.78, 5) is 0. The predicted octanol–water partition coefficient (Wildman–Crippen LogP) is 1.82. The van der Waals surface area contributed by atoms with Gasteiger partial charge >= 0.3 is 0 Å². The molecule has 0 saturated heterocycles. The Kier molecular flexibility index (Phi) is 5.47. The molecule has 1 N–H and O–H groups in total. The molecule has 0 fully saturated rings. The number of ether oxygens (including phenoxy) is 1. The van der Waals surface area contributed by atoms with Crippen LogP contribution in [-0.4, -0.2) is 24.1 Å². The number of hydrogen-bond acceptors (Lipinski definition) is 3. The van der Waals surface area contributed by atoms with Gasteiger partial charge in [0.2, 0.25) is 0 Å². The lowest BCUT2D eigenvalue weighted by atomic mass is 10.2. The Bertz CT molecular complexity index is 143. The summed E-state index contributed by atoms with van der Waals surface area (Å²) in [6, 6.07) is 0. The molecule has 0 aliphatic carbocycles. The lowest BCUT2D eigenvalue weighted by molar-refractivity contribution is 0.0971. The summed E-state index contributed by atoms with van der Waals surface area (Å²) in [7, 11) is 0. The van der Waals surface area contributed by atoms with E-state index < -0.39 is 0 Å². The van der Waals surface area contributed by atoms with Crippen LogP contribution in [0.4, 0.5) is 0 Å². The summed E-state index contributed by atoms with van der Waals surface area (Å²) in [5, 5.41) is 10.8. The van der Waals surface area contributed by atoms with E-state index in [1.54, 1.807) is 0 Å². The van der Waals surface area contributed by atoms with Gasteiger partial charge in [0.15, 0.2) is 0 Å². The van der Waals surface area contributed by atoms with Gasteiger partial charge in [0.25, 0.3) is 0 Å². The lowest BCUT2D eigenvalue weighted by Gasteiger charge is -2.09. The number of nitrogens with zero attached hydrogens (tertiary/aromatic N) is 1. The molecule has 0 heterocycles. The Balaban J connectivity index is 3.36. The van der Waals surface area contributed by atoms with Crippen LogP contribution in [0, 0.1) is 0 Å². The normalized spacial score (nSPS) is 13.6. The fraction of sp³-hybridized carbons (Fsp3) is 0.625. The molecule has 0 radical (unpaired) electrons. The molecular weight excluding hydrogens is 142 g/mol. The van der Waals surface area contributed by atoms with Gasteiger partial charge in [0.1, 0.15) is 0 Å². The van der Waals surface area contributed by atoms with Gasteiger partial charge in [-0.3, -0.25) is 0 Å². The van der Waals surface area contributed by atoms with Crippen LogP contribution in [0.15, 0.2) is 17.3 Å². The summed E-state index contributed by atoms with van der Waals surface area (Å²) in [6.07, 6.45) is 2.30. The van der Waals surface area contributed by atoms with Crippen molar-refractivity contribution in [2.75, 3.05) is 6.61 Å². The maximum atomic E-state index is 8.03. The van der Waals surface area contributed by atoms with E-state index >= 15 is 0 Å². The average Bonchev–Trinajstić information content (AvgIpc) is 1.86. The van der Waals surface area contributed by atoms with Crippen LogP contribution in [-0.2, 0) is 4.74 Å². The van der Waals surface area contributed by atoms with Crippen molar-refractivity contribution in [1.82, 2.24) is 0 Å². The number of rotatable bonds is 5. The molecule has 11 heavy (non-hydrogen) atoms. The minimum absolute atomic E-state index is 0.144. The second-order valence-electron chi connectivity index (χ2n) is 2.60. The first-order valence-corrected chi connectivity index (χ1v) is 3.58. The molecule has 0 aromatic heterocycles. The van der Waals surface area contributed by atoms with E-state index in [-0.39, 0.29) is 6.10 Å². The van der Waals surface area contributed by atoms with Gasteiger partial charge in [0, 0.05) is 0 Å². The molecule has 3 heteroatoms. The highest BCUT2D eigenvalue weighted by molar-refractivity contribution is 5.57. The third-order valence-corrected chi connectivity index (χ3v) is 1.17. The monoisotopic (exact) mass is 157 g/mol. The molecule has 0 bridgehead atoms. The van der Waals surface area contributed by atoms with Crippen LogP contribution in [0.25, 0.3) is 0 Å². The van der Waals surface area contributed by atoms with Crippen LogP contribution in [0.1, 0.15) is 20.3 Å². The van der Waals surface area contributed by atoms with Crippen molar-refractivity contribution in [3.05, 3.63) is 12.2 Å². The van der Waals surface area contributed by atoms with Crippen molar-refractivity contribution in [3.63, 3.8) is 0 Å². The Hall–Kier alpha value is -0.830. The zero-order chi connectivity index (χ0) is 8.69. The van der Waals surface area contributed by atoms with Gasteiger partial charge in [0.05, 0.1) is 18.9 Å². The minimum atomic E-state index is 0.144. The molecule has 0 aromatic carbocycles. The molecule has 1 atom stereocenters. The van der Waals surface area contributed by atoms with E-state index in [0.29, 0.717) is 6.61 Å². The molecule has 3 nitrogen and oxygen atoms in total. The van der Waals surface area contributed by atoms with Gasteiger partial charge in [-0.15, -0.1) is 6.58 Å². The second kappa shape index (κ2) is 5.92. The Labute approximate surface area is 67.4 Å². The first-order chi connectivity index (χ1) is 5.16. The topological polar surface area (TPSA) is 41.8 Å². The van der Waals surface area contributed by atoms with Crippen molar-refractivity contribution in [1.29, 1.82) is 0 Å². The molecule has 0 unspecified atom stereocenters. The van der Waals surface area contributed by atoms with Crippen LogP contribution < -0.4 is 0 Å². The SMILES string of the molecule is C=C(C)C[C@H](C)OC/C=N/O. The standard InChI is InChI=1S/C8H15NO2/c1-7(2)6-8(3)11-5-4-9-10/h4,8,10H,1,5-6H2,2-3H3/b9-4+/t8-/m0/s1. The van der Waals surface area contributed by atoms with Gasteiger partial charge in [-0.1, -0.05) is 10.7 Å². The second-order valence-corrected chi connectivity index (χ2v) is 2.60. The van der Waals surface area contributed by atoms with Crippen molar-refractivity contribution in [2.45, 2.75) is 26.4 Å². The Morgan fingerprint density at radius 1 is 1.82 bits per heavy atom. The molecule has 64 valence electrons. The summed E-state index contributed by atoms with van der Waals surface area (Å²) in [6.45, 7) is 8.03. The number of hydrogen-bond donors (Lipinski definition) is 1. The Morgan fingerprint density at radius 3 is 2.91 bits per heavy atom. The van der Waals surface area contributed by atoms with Crippen LogP contribution in [0.3, 0.4) is 0 Å². The molecule has 0 spiro atoms. The van der Waals surface area contributed by atoms with Crippen molar-refractivity contribution in [3.8, 4) is 0 Å². The fourth-order valence-electron chi connectivity index (χ4n) is 0.790. The van der Waals surface area contributed by atoms with E-state index in [0.717, 1.165) is 12.0 Å². The average molecular weight is 157 g/mol. The van der Waals surface area contributed by atoms with Crippen LogP contribution in [0.2, 0.25) is 0 Å². The van der Waals surface area contributed by atoms with Crippen LogP contribution in [0.5, 0.6) is 0 Å². The first kappa shape index (κ1) is 10.2. The predicted molar refractivity (Wildman–Crippen MR) is 45.1 cm³/mol. The highest BCUT2D eigenvalue weighted by atomic mass is 16.5. The maximum Gasteiger partial charge on any atom is 0.0855 e. The zero-order valence-corrected chi connectivity index (χ0v) is 7.08. The van der Waals surface area contributed by atoms with Gasteiger partial charge < -0.3 is 9.94 Å². The summed E-state index contributed by atoms with van der Waals surface area (Å²) < 4.78 is 5.22. The van der Waals surface area contributed by atoms with Gasteiger partial charge in [-0.2, -0.15) is 0 Å². The van der Waals surface area contributed by atoms with Crippen molar-refractivity contribution < 1.29 is 9.94 Å². The van der Waals surface area contributed by atoms with E-state index in [9.17, 15) is 0 Å². The van der Waals surface area contributed by atoms with Crippen LogP contribution >= 0.6 is 0 Å². The highest BCUT2D eigenvalue weighted by Crippen LogP contribution is 2.03. The largest absolute Gasteiger partial charge is 0.411 e. The summed E-state index contributed by atoms with van der Waals surface area (Å²) >= 11 is 0. The minimum Gasteiger partial charge on any atom is -0.411 e. The van der Waals surface area contributed by atoms with E-state index in [4.69, 9.17) is 9.94 Å². The van der Waals surface area contributed by atoms with Gasteiger partial charge in [-0.05, 0) is 20.3 Å². The third-order valence-electron chi connectivity index (χ3n) is 1.17. The third kappa shape index (κ3) is 7.06. The lowest BCUT2D eigenvalue weighted by Crippen LogP contribution is -2.09. The van der Waals surface area contributed by atoms with E-state index in [1.165, 1.54) is 6.21 Å². The Morgan fingerprint density at radius 2 is 2.45 bits per heavy atom. The molecule has 0 aromatic rings. The maximum absolute atomic E-state index is 8.03. The quantitative estimate of drug-likeness (QED) is 0.286. The fourth-order valence-corrected chi connectivity index (χ4v) is 0.790. The van der Waals surface area contributed by atoms with E-state index in [2.05, 4.69) is 11.7 Å². The molecular formula is C8H15NO2. The molecule has 0 rings (SSSR count). The van der Waals surface area contributed by atoms with E-state index in [1.807, 2.05) is 13.8 Å². The molecule has 0 aliphatic heterocycles. The molecule has 0 aliphatic rings. The first-order valence-electron chi connectivity index (χ1n) is 3.58. The smallest absolute Gasteiger partial charge is 0.0855 e. The van der Waals surface area contributed by atoms with Crippen molar-refractivity contribution in [2.24, 2.45) is 5.16 Å². The summed E-state index contributed by atoms with van der Waals surface area (Å²) in [5.41, 5.74) is 1.10. The zero-order valence-electron chi connectivity index (χ0n) is 7.08.